The van der Waals surface area contributed by atoms with E-state index in [9.17, 15) is 27.6 Å². The molecule has 2 rings (SSSR count). The lowest BCUT2D eigenvalue weighted by Crippen LogP contribution is -2.34. The highest BCUT2D eigenvalue weighted by Gasteiger charge is 2.44. The number of carbonyl (C=O) groups excluding carboxylic acids is 3. The van der Waals surface area contributed by atoms with E-state index in [0.717, 1.165) is 0 Å². The molecule has 0 fully saturated rings. The Balaban J connectivity index is 2.64. The molecule has 0 saturated heterocycles. The molecule has 2 N–H and O–H groups in total. The average Bonchev–Trinajstić information content (AvgIpc) is 3.30. The number of nitrogens with zero attached hydrogens (tertiary/aromatic N) is 2. The molecule has 0 spiro atoms. The molecule has 36 heavy (non-hydrogen) atoms. The quantitative estimate of drug-likeness (QED) is 0.294. The van der Waals surface area contributed by atoms with Crippen molar-refractivity contribution >= 4 is 17.9 Å². The summed E-state index contributed by atoms with van der Waals surface area (Å²) >= 11 is 0. The number of alkyl halides is 3. The first-order chi connectivity index (χ1) is 16.6. The molecule has 1 atom stereocenters. The van der Waals surface area contributed by atoms with Gasteiger partial charge in [-0.3, -0.25) is 10.00 Å². The van der Waals surface area contributed by atoms with Crippen molar-refractivity contribution in [1.82, 2.24) is 20.1 Å². The zero-order chi connectivity index (χ0) is 27.4. The number of aromatic nitrogens is 3. The zero-order valence-electron chi connectivity index (χ0n) is 21.3. The Morgan fingerprint density at radius 3 is 2.28 bits per heavy atom. The van der Waals surface area contributed by atoms with Crippen LogP contribution in [0.5, 0.6) is 0 Å². The van der Waals surface area contributed by atoms with Crippen LogP contribution in [0.4, 0.5) is 13.2 Å². The Bertz CT molecular complexity index is 1110. The Kier molecular flexibility index (Phi) is 8.94. The number of H-pyrrole nitrogens is 1. The van der Waals surface area contributed by atoms with Crippen LogP contribution >= 0.6 is 0 Å². The first kappa shape index (κ1) is 28.9. The van der Waals surface area contributed by atoms with Gasteiger partial charge >= 0.3 is 24.1 Å². The molecule has 2 aromatic rings. The summed E-state index contributed by atoms with van der Waals surface area (Å²) < 4.78 is 56.1. The van der Waals surface area contributed by atoms with E-state index in [0.29, 0.717) is 11.3 Å². The van der Waals surface area contributed by atoms with Crippen molar-refractivity contribution in [3.05, 3.63) is 40.0 Å². The fraction of sp³-hybridized carbons (Fsp3) is 0.565. The SMILES string of the molecule is CCOC(=O)c1c(C(NCc2cnn(C)c2C)OC(=O)C(F)(F)F)[nH]c(C(=O)OC(C)(C)C)c1CC. The maximum atomic E-state index is 13.1. The highest BCUT2D eigenvalue weighted by Crippen LogP contribution is 2.30. The van der Waals surface area contributed by atoms with Gasteiger partial charge in [0.1, 0.15) is 11.3 Å². The summed E-state index contributed by atoms with van der Waals surface area (Å²) in [6.45, 7) is 9.75. The lowest BCUT2D eigenvalue weighted by atomic mass is 10.0. The van der Waals surface area contributed by atoms with Gasteiger partial charge in [-0.1, -0.05) is 6.92 Å². The van der Waals surface area contributed by atoms with Crippen molar-refractivity contribution in [2.45, 2.75) is 72.5 Å². The monoisotopic (exact) mass is 516 g/mol. The molecule has 200 valence electrons. The first-order valence-corrected chi connectivity index (χ1v) is 11.2. The Hall–Kier alpha value is -3.35. The third-order valence-electron chi connectivity index (χ3n) is 5.10. The fourth-order valence-electron chi connectivity index (χ4n) is 3.35. The highest BCUT2D eigenvalue weighted by atomic mass is 19.4. The maximum absolute atomic E-state index is 13.1. The second-order valence-electron chi connectivity index (χ2n) is 8.89. The zero-order valence-corrected chi connectivity index (χ0v) is 21.3. The second-order valence-corrected chi connectivity index (χ2v) is 8.89. The minimum atomic E-state index is -5.30. The summed E-state index contributed by atoms with van der Waals surface area (Å²) in [4.78, 5) is 40.2. The first-order valence-electron chi connectivity index (χ1n) is 11.2. The van der Waals surface area contributed by atoms with Crippen LogP contribution in [-0.2, 0) is 39.0 Å². The van der Waals surface area contributed by atoms with Gasteiger partial charge in [0, 0.05) is 24.8 Å². The minimum Gasteiger partial charge on any atom is -0.462 e. The Morgan fingerprint density at radius 1 is 1.17 bits per heavy atom. The molecule has 2 aromatic heterocycles. The molecule has 2 heterocycles. The maximum Gasteiger partial charge on any atom is 0.490 e. The highest BCUT2D eigenvalue weighted by molar-refractivity contribution is 5.99. The number of halogens is 3. The number of hydrogen-bond donors (Lipinski definition) is 2. The van der Waals surface area contributed by atoms with E-state index in [1.54, 1.807) is 53.3 Å². The summed E-state index contributed by atoms with van der Waals surface area (Å²) in [5.74, 6) is -4.22. The number of rotatable bonds is 9. The molecule has 0 aromatic carbocycles. The summed E-state index contributed by atoms with van der Waals surface area (Å²) in [6.07, 6.45) is -5.47. The molecular formula is C23H31F3N4O6. The number of esters is 3. The second kappa shape index (κ2) is 11.1. The number of hydrogen-bond acceptors (Lipinski definition) is 8. The predicted molar refractivity (Wildman–Crippen MR) is 121 cm³/mol. The van der Waals surface area contributed by atoms with Crippen molar-refractivity contribution in [1.29, 1.82) is 0 Å². The van der Waals surface area contributed by atoms with Crippen LogP contribution in [0.15, 0.2) is 6.20 Å². The minimum absolute atomic E-state index is 0.0380. The van der Waals surface area contributed by atoms with E-state index in [1.165, 1.54) is 6.20 Å². The van der Waals surface area contributed by atoms with E-state index in [4.69, 9.17) is 14.2 Å². The lowest BCUT2D eigenvalue weighted by molar-refractivity contribution is -0.207. The smallest absolute Gasteiger partial charge is 0.462 e. The summed E-state index contributed by atoms with van der Waals surface area (Å²) in [7, 11) is 1.68. The molecule has 0 amide bonds. The summed E-state index contributed by atoms with van der Waals surface area (Å²) in [5, 5.41) is 6.78. The van der Waals surface area contributed by atoms with Crippen LogP contribution < -0.4 is 5.32 Å². The van der Waals surface area contributed by atoms with Crippen LogP contribution in [0.25, 0.3) is 0 Å². The molecule has 0 saturated carbocycles. The van der Waals surface area contributed by atoms with E-state index in [1.807, 2.05) is 0 Å². The Labute approximate surface area is 206 Å². The molecule has 13 heteroatoms. The van der Waals surface area contributed by atoms with E-state index >= 15 is 0 Å². The topological polar surface area (TPSA) is 125 Å². The van der Waals surface area contributed by atoms with Gasteiger partial charge in [0.25, 0.3) is 0 Å². The number of nitrogens with one attached hydrogen (secondary N) is 2. The van der Waals surface area contributed by atoms with Gasteiger partial charge in [-0.05, 0) is 46.6 Å². The lowest BCUT2D eigenvalue weighted by Gasteiger charge is -2.21. The van der Waals surface area contributed by atoms with Crippen molar-refractivity contribution in [3.63, 3.8) is 0 Å². The van der Waals surface area contributed by atoms with Gasteiger partial charge in [0.15, 0.2) is 6.23 Å². The van der Waals surface area contributed by atoms with Crippen molar-refractivity contribution < 1.29 is 41.8 Å². The van der Waals surface area contributed by atoms with Gasteiger partial charge in [-0.2, -0.15) is 18.3 Å². The summed E-state index contributed by atoms with van der Waals surface area (Å²) in [5.41, 5.74) is -0.0543. The predicted octanol–water partition coefficient (Wildman–Crippen LogP) is 3.64. The van der Waals surface area contributed by atoms with Crippen molar-refractivity contribution in [3.8, 4) is 0 Å². The van der Waals surface area contributed by atoms with Crippen LogP contribution in [0.1, 0.15) is 84.2 Å². The molecule has 0 aliphatic carbocycles. The molecular weight excluding hydrogens is 485 g/mol. The van der Waals surface area contributed by atoms with Gasteiger partial charge in [-0.25, -0.2) is 14.4 Å². The molecule has 1 unspecified atom stereocenters. The number of aryl methyl sites for hydroxylation is 1. The number of carbonyl (C=O) groups is 3. The number of ether oxygens (including phenoxy) is 3. The number of aromatic amines is 1. The normalized spacial score (nSPS) is 12.8. The third-order valence-corrected chi connectivity index (χ3v) is 5.10. The summed E-state index contributed by atoms with van der Waals surface area (Å²) in [6, 6.07) is 0. The van der Waals surface area contributed by atoms with Crippen LogP contribution in [0.2, 0.25) is 0 Å². The van der Waals surface area contributed by atoms with Crippen LogP contribution in [-0.4, -0.2) is 51.1 Å². The largest absolute Gasteiger partial charge is 0.490 e. The van der Waals surface area contributed by atoms with Gasteiger partial charge in [-0.15, -0.1) is 0 Å². The van der Waals surface area contributed by atoms with Gasteiger partial charge < -0.3 is 19.2 Å². The molecule has 0 aliphatic rings. The van der Waals surface area contributed by atoms with E-state index in [2.05, 4.69) is 15.4 Å². The fourth-order valence-corrected chi connectivity index (χ4v) is 3.35. The van der Waals surface area contributed by atoms with Gasteiger partial charge in [0.05, 0.1) is 24.1 Å². The van der Waals surface area contributed by atoms with E-state index < -0.39 is 35.9 Å². The average molecular weight is 517 g/mol. The Morgan fingerprint density at radius 2 is 1.81 bits per heavy atom. The van der Waals surface area contributed by atoms with Crippen molar-refractivity contribution in [2.24, 2.45) is 7.05 Å². The molecule has 0 bridgehead atoms. The third kappa shape index (κ3) is 6.86. The van der Waals surface area contributed by atoms with E-state index in [-0.39, 0.29) is 42.1 Å². The molecule has 0 aliphatic heterocycles. The van der Waals surface area contributed by atoms with Crippen LogP contribution in [0, 0.1) is 6.92 Å². The van der Waals surface area contributed by atoms with Gasteiger partial charge in [0.2, 0.25) is 0 Å². The van der Waals surface area contributed by atoms with Crippen molar-refractivity contribution in [2.75, 3.05) is 6.61 Å². The van der Waals surface area contributed by atoms with Crippen LogP contribution in [0.3, 0.4) is 0 Å². The molecule has 0 radical (unpaired) electrons. The molecule has 10 nitrogen and oxygen atoms in total. The standard InChI is InChI=1S/C23H31F3N4O6/c1-8-14-15(19(31)34-9-2)17(29-16(14)20(32)36-22(4,5)6)18(35-21(33)23(24,25)26)27-10-13-11-28-30(7)12(13)3/h11,18,27,29H,8-10H2,1-7H3.